The molecule has 1 N–H and O–H groups in total. The molecule has 0 aliphatic heterocycles. The lowest BCUT2D eigenvalue weighted by Gasteiger charge is -2.06. The Morgan fingerprint density at radius 1 is 1.13 bits per heavy atom. The van der Waals surface area contributed by atoms with Crippen LogP contribution >= 0.6 is 0 Å². The Kier molecular flexibility index (Phi) is 2.19. The number of carboxylic acid groups (broad SMARTS) is 1. The molecule has 0 bridgehead atoms. The zero-order valence-electron chi connectivity index (χ0n) is 8.74. The third-order valence-corrected chi connectivity index (χ3v) is 2.67. The van der Waals surface area contributed by atoms with Crippen LogP contribution in [0.3, 0.4) is 0 Å². The molecule has 2 aromatic carbocycles. The van der Waals surface area contributed by atoms with E-state index in [0.717, 1.165) is 16.3 Å². The average Bonchev–Trinajstić information content (AvgIpc) is 2.18. The molecule has 0 atom stereocenters. The van der Waals surface area contributed by atoms with Crippen molar-refractivity contribution in [3.63, 3.8) is 0 Å². The Hall–Kier alpha value is -1.83. The van der Waals surface area contributed by atoms with Gasteiger partial charge in [0.25, 0.3) is 0 Å². The lowest BCUT2D eigenvalue weighted by Crippen LogP contribution is -1.99. The first-order chi connectivity index (χ1) is 7.09. The Balaban J connectivity index is 2.82. The van der Waals surface area contributed by atoms with E-state index >= 15 is 0 Å². The summed E-state index contributed by atoms with van der Waals surface area (Å²) in [5.74, 6) is -0.865. The summed E-state index contributed by atoms with van der Waals surface area (Å²) in [5.41, 5.74) is 2.37. The molecule has 2 nitrogen and oxygen atoms in total. The van der Waals surface area contributed by atoms with Crippen molar-refractivity contribution < 1.29 is 9.90 Å². The van der Waals surface area contributed by atoms with Crippen LogP contribution in [0.1, 0.15) is 21.5 Å². The van der Waals surface area contributed by atoms with Crippen molar-refractivity contribution >= 4 is 16.7 Å². The number of aryl methyl sites for hydroxylation is 2. The SMILES string of the molecule is Cc1cc2c(C)cccc2cc1C(=O)O. The molecule has 0 unspecified atom stereocenters. The van der Waals surface area contributed by atoms with Gasteiger partial charge < -0.3 is 5.11 Å². The monoisotopic (exact) mass is 200 g/mol. The van der Waals surface area contributed by atoms with Crippen LogP contribution in [0, 0.1) is 13.8 Å². The highest BCUT2D eigenvalue weighted by molar-refractivity contribution is 5.97. The lowest BCUT2D eigenvalue weighted by atomic mass is 9.99. The highest BCUT2D eigenvalue weighted by atomic mass is 16.4. The first-order valence-corrected chi connectivity index (χ1v) is 4.83. The van der Waals surface area contributed by atoms with Crippen LogP contribution in [0.15, 0.2) is 30.3 Å². The van der Waals surface area contributed by atoms with E-state index in [1.807, 2.05) is 38.1 Å². The summed E-state index contributed by atoms with van der Waals surface area (Å²) >= 11 is 0. The van der Waals surface area contributed by atoms with Gasteiger partial charge in [0.1, 0.15) is 0 Å². The molecule has 0 radical (unpaired) electrons. The minimum absolute atomic E-state index is 0.383. The van der Waals surface area contributed by atoms with Gasteiger partial charge in [-0.1, -0.05) is 24.3 Å². The minimum Gasteiger partial charge on any atom is -0.478 e. The topological polar surface area (TPSA) is 37.3 Å². The fourth-order valence-corrected chi connectivity index (χ4v) is 1.82. The first kappa shape index (κ1) is 9.71. The molecule has 0 spiro atoms. The van der Waals surface area contributed by atoms with Crippen molar-refractivity contribution in [2.45, 2.75) is 13.8 Å². The fraction of sp³-hybridized carbons (Fsp3) is 0.154. The van der Waals surface area contributed by atoms with Crippen LogP contribution in [-0.4, -0.2) is 11.1 Å². The fourth-order valence-electron chi connectivity index (χ4n) is 1.82. The average molecular weight is 200 g/mol. The van der Waals surface area contributed by atoms with Gasteiger partial charge in [-0.15, -0.1) is 0 Å². The molecular weight excluding hydrogens is 188 g/mol. The molecule has 0 amide bonds. The van der Waals surface area contributed by atoms with Gasteiger partial charge in [-0.05, 0) is 41.8 Å². The van der Waals surface area contributed by atoms with E-state index in [1.165, 1.54) is 5.56 Å². The summed E-state index contributed by atoms with van der Waals surface area (Å²) in [5, 5.41) is 11.1. The van der Waals surface area contributed by atoms with E-state index in [9.17, 15) is 4.79 Å². The van der Waals surface area contributed by atoms with E-state index in [0.29, 0.717) is 5.56 Å². The third kappa shape index (κ3) is 1.59. The molecule has 0 fully saturated rings. The Morgan fingerprint density at radius 2 is 1.87 bits per heavy atom. The van der Waals surface area contributed by atoms with Crippen molar-refractivity contribution in [2.75, 3.05) is 0 Å². The van der Waals surface area contributed by atoms with E-state index in [1.54, 1.807) is 6.07 Å². The lowest BCUT2D eigenvalue weighted by molar-refractivity contribution is 0.0696. The Labute approximate surface area is 88.2 Å². The number of aromatic carboxylic acids is 1. The molecule has 15 heavy (non-hydrogen) atoms. The standard InChI is InChI=1S/C13H12O2/c1-8-4-3-5-10-7-12(13(14)15)9(2)6-11(8)10/h3-7H,1-2H3,(H,14,15). The maximum absolute atomic E-state index is 11.0. The van der Waals surface area contributed by atoms with Gasteiger partial charge in [-0.3, -0.25) is 0 Å². The normalized spacial score (nSPS) is 10.5. The van der Waals surface area contributed by atoms with Crippen LogP contribution in [0.25, 0.3) is 10.8 Å². The number of fused-ring (bicyclic) bond motifs is 1. The highest BCUT2D eigenvalue weighted by Crippen LogP contribution is 2.22. The Morgan fingerprint density at radius 3 is 2.53 bits per heavy atom. The van der Waals surface area contributed by atoms with Crippen molar-refractivity contribution in [2.24, 2.45) is 0 Å². The number of hydrogen-bond acceptors (Lipinski definition) is 1. The third-order valence-electron chi connectivity index (χ3n) is 2.67. The molecule has 2 aromatic rings. The number of hydrogen-bond donors (Lipinski definition) is 1. The second kappa shape index (κ2) is 3.39. The zero-order chi connectivity index (χ0) is 11.0. The number of carboxylic acids is 1. The number of rotatable bonds is 1. The van der Waals surface area contributed by atoms with Crippen molar-refractivity contribution in [3.8, 4) is 0 Å². The number of benzene rings is 2. The molecule has 0 saturated carbocycles. The van der Waals surface area contributed by atoms with Gasteiger partial charge >= 0.3 is 5.97 Å². The molecular formula is C13H12O2. The van der Waals surface area contributed by atoms with Gasteiger partial charge in [0.05, 0.1) is 5.56 Å². The van der Waals surface area contributed by atoms with Gasteiger partial charge in [0.15, 0.2) is 0 Å². The van der Waals surface area contributed by atoms with Crippen LogP contribution in [-0.2, 0) is 0 Å². The molecule has 2 heteroatoms. The molecule has 0 aliphatic carbocycles. The quantitative estimate of drug-likeness (QED) is 0.767. The zero-order valence-corrected chi connectivity index (χ0v) is 8.74. The smallest absolute Gasteiger partial charge is 0.335 e. The van der Waals surface area contributed by atoms with Crippen LogP contribution in [0.5, 0.6) is 0 Å². The van der Waals surface area contributed by atoms with Crippen LogP contribution in [0.2, 0.25) is 0 Å². The van der Waals surface area contributed by atoms with Crippen LogP contribution < -0.4 is 0 Å². The van der Waals surface area contributed by atoms with E-state index in [2.05, 4.69) is 0 Å². The van der Waals surface area contributed by atoms with Crippen LogP contribution in [0.4, 0.5) is 0 Å². The number of carbonyl (C=O) groups is 1. The summed E-state index contributed by atoms with van der Waals surface area (Å²) in [6.45, 7) is 3.86. The van der Waals surface area contributed by atoms with Gasteiger partial charge in [-0.25, -0.2) is 4.79 Å². The largest absolute Gasteiger partial charge is 0.478 e. The van der Waals surface area contributed by atoms with Crippen molar-refractivity contribution in [3.05, 3.63) is 47.0 Å². The van der Waals surface area contributed by atoms with Gasteiger partial charge in [0.2, 0.25) is 0 Å². The van der Waals surface area contributed by atoms with Crippen molar-refractivity contribution in [1.29, 1.82) is 0 Å². The molecule has 0 aromatic heterocycles. The summed E-state index contributed by atoms with van der Waals surface area (Å²) in [4.78, 5) is 11.0. The molecule has 0 saturated heterocycles. The van der Waals surface area contributed by atoms with E-state index < -0.39 is 5.97 Å². The predicted octanol–water partition coefficient (Wildman–Crippen LogP) is 3.15. The maximum Gasteiger partial charge on any atom is 0.335 e. The summed E-state index contributed by atoms with van der Waals surface area (Å²) < 4.78 is 0. The van der Waals surface area contributed by atoms with E-state index in [4.69, 9.17) is 5.11 Å². The molecule has 0 aliphatic rings. The minimum atomic E-state index is -0.865. The summed E-state index contributed by atoms with van der Waals surface area (Å²) in [6.07, 6.45) is 0. The van der Waals surface area contributed by atoms with Gasteiger partial charge in [-0.2, -0.15) is 0 Å². The van der Waals surface area contributed by atoms with Crippen molar-refractivity contribution in [1.82, 2.24) is 0 Å². The van der Waals surface area contributed by atoms with E-state index in [-0.39, 0.29) is 0 Å². The van der Waals surface area contributed by atoms with Gasteiger partial charge in [0, 0.05) is 0 Å². The maximum atomic E-state index is 11.0. The highest BCUT2D eigenvalue weighted by Gasteiger charge is 2.08. The predicted molar refractivity (Wildman–Crippen MR) is 60.4 cm³/mol. The summed E-state index contributed by atoms with van der Waals surface area (Å²) in [7, 11) is 0. The second-order valence-corrected chi connectivity index (χ2v) is 3.77. The second-order valence-electron chi connectivity index (χ2n) is 3.77. The Bertz CT molecular complexity index is 541. The molecule has 76 valence electrons. The molecule has 0 heterocycles. The first-order valence-electron chi connectivity index (χ1n) is 4.83. The molecule has 2 rings (SSSR count). The summed E-state index contributed by atoms with van der Waals surface area (Å²) in [6, 6.07) is 9.59.